The van der Waals surface area contributed by atoms with E-state index in [1.54, 1.807) is 12.1 Å². The summed E-state index contributed by atoms with van der Waals surface area (Å²) in [6.07, 6.45) is 0. The molecule has 106 valence electrons. The van der Waals surface area contributed by atoms with Crippen molar-refractivity contribution in [2.45, 2.75) is 13.5 Å². The van der Waals surface area contributed by atoms with Crippen molar-refractivity contribution in [3.05, 3.63) is 65.0 Å². The van der Waals surface area contributed by atoms with E-state index in [9.17, 15) is 0 Å². The van der Waals surface area contributed by atoms with Gasteiger partial charge in [-0.2, -0.15) is 4.98 Å². The van der Waals surface area contributed by atoms with Crippen molar-refractivity contribution in [1.82, 2.24) is 10.1 Å². The smallest absolute Gasteiger partial charge is 0.264 e. The average Bonchev–Trinajstić information content (AvgIpc) is 2.94. The summed E-state index contributed by atoms with van der Waals surface area (Å²) in [6, 6.07) is 15.1. The van der Waals surface area contributed by atoms with E-state index in [4.69, 9.17) is 20.9 Å². The Balaban J connectivity index is 1.71. The Morgan fingerprint density at radius 1 is 1.14 bits per heavy atom. The quantitative estimate of drug-likeness (QED) is 0.721. The monoisotopic (exact) mass is 300 g/mol. The van der Waals surface area contributed by atoms with Gasteiger partial charge in [-0.3, -0.25) is 0 Å². The summed E-state index contributed by atoms with van der Waals surface area (Å²) >= 11 is 5.89. The zero-order valence-electron chi connectivity index (χ0n) is 11.4. The van der Waals surface area contributed by atoms with Crippen molar-refractivity contribution in [2.24, 2.45) is 0 Å². The number of rotatable bonds is 4. The normalized spacial score (nSPS) is 10.6. The van der Waals surface area contributed by atoms with E-state index in [1.165, 1.54) is 0 Å². The Labute approximate surface area is 127 Å². The zero-order valence-corrected chi connectivity index (χ0v) is 12.2. The second kappa shape index (κ2) is 5.97. The minimum absolute atomic E-state index is 0.207. The van der Waals surface area contributed by atoms with Crippen LogP contribution in [0.3, 0.4) is 0 Å². The Hall–Kier alpha value is -2.33. The largest absolute Gasteiger partial charge is 0.484 e. The van der Waals surface area contributed by atoms with Crippen LogP contribution in [-0.4, -0.2) is 10.1 Å². The van der Waals surface area contributed by atoms with Gasteiger partial charge in [0.2, 0.25) is 5.82 Å². The van der Waals surface area contributed by atoms with Gasteiger partial charge in [0.05, 0.1) is 0 Å². The highest BCUT2D eigenvalue weighted by molar-refractivity contribution is 6.30. The van der Waals surface area contributed by atoms with Crippen LogP contribution in [0.15, 0.2) is 53.1 Å². The van der Waals surface area contributed by atoms with Gasteiger partial charge in [0.25, 0.3) is 5.89 Å². The third-order valence-corrected chi connectivity index (χ3v) is 3.14. The van der Waals surface area contributed by atoms with Crippen molar-refractivity contribution in [3.8, 4) is 17.1 Å². The first-order valence-corrected chi connectivity index (χ1v) is 6.86. The standard InChI is InChI=1S/C16H13ClN2O2/c1-11-4-2-5-12(8-11)16-18-15(21-19-16)10-20-14-7-3-6-13(17)9-14/h2-9H,10H2,1H3. The van der Waals surface area contributed by atoms with E-state index in [0.717, 1.165) is 11.1 Å². The molecule has 0 fully saturated rings. The van der Waals surface area contributed by atoms with Crippen LogP contribution in [0.1, 0.15) is 11.5 Å². The maximum Gasteiger partial charge on any atom is 0.264 e. The van der Waals surface area contributed by atoms with Crippen LogP contribution in [0.4, 0.5) is 0 Å². The summed E-state index contributed by atoms with van der Waals surface area (Å²) in [5.41, 5.74) is 2.07. The first kappa shape index (κ1) is 13.6. The Bertz CT molecular complexity index is 755. The molecule has 0 spiro atoms. The SMILES string of the molecule is Cc1cccc(-c2noc(COc3cccc(Cl)c3)n2)c1. The fraction of sp³-hybridized carbons (Fsp3) is 0.125. The first-order valence-electron chi connectivity index (χ1n) is 6.49. The lowest BCUT2D eigenvalue weighted by Crippen LogP contribution is -1.95. The van der Waals surface area contributed by atoms with Gasteiger partial charge in [-0.05, 0) is 31.2 Å². The van der Waals surface area contributed by atoms with Crippen molar-refractivity contribution >= 4 is 11.6 Å². The molecule has 3 rings (SSSR count). The fourth-order valence-corrected chi connectivity index (χ4v) is 2.10. The molecule has 1 aromatic heterocycles. The molecule has 0 bridgehead atoms. The third-order valence-electron chi connectivity index (χ3n) is 2.90. The molecule has 4 nitrogen and oxygen atoms in total. The average molecular weight is 301 g/mol. The molecule has 0 unspecified atom stereocenters. The number of hydrogen-bond donors (Lipinski definition) is 0. The number of aryl methyl sites for hydroxylation is 1. The van der Waals surface area contributed by atoms with E-state index >= 15 is 0 Å². The number of hydrogen-bond acceptors (Lipinski definition) is 4. The second-order valence-corrected chi connectivity index (χ2v) is 5.06. The van der Waals surface area contributed by atoms with Crippen LogP contribution in [0.25, 0.3) is 11.4 Å². The summed E-state index contributed by atoms with van der Waals surface area (Å²) in [5, 5.41) is 4.59. The third kappa shape index (κ3) is 3.41. The van der Waals surface area contributed by atoms with E-state index in [2.05, 4.69) is 10.1 Å². The van der Waals surface area contributed by atoms with Gasteiger partial charge in [0, 0.05) is 10.6 Å². The molecule has 0 N–H and O–H groups in total. The van der Waals surface area contributed by atoms with Gasteiger partial charge in [0.15, 0.2) is 6.61 Å². The van der Waals surface area contributed by atoms with E-state index in [0.29, 0.717) is 22.5 Å². The Kier molecular flexibility index (Phi) is 3.88. The highest BCUT2D eigenvalue weighted by atomic mass is 35.5. The number of ether oxygens (including phenoxy) is 1. The Morgan fingerprint density at radius 2 is 2.00 bits per heavy atom. The molecule has 3 aromatic rings. The number of nitrogens with zero attached hydrogens (tertiary/aromatic N) is 2. The zero-order chi connectivity index (χ0) is 14.7. The minimum Gasteiger partial charge on any atom is -0.484 e. The van der Waals surface area contributed by atoms with Gasteiger partial charge in [-0.1, -0.05) is 46.6 Å². The fourth-order valence-electron chi connectivity index (χ4n) is 1.92. The summed E-state index contributed by atoms with van der Waals surface area (Å²) in [4.78, 5) is 4.32. The Morgan fingerprint density at radius 3 is 2.81 bits per heavy atom. The second-order valence-electron chi connectivity index (χ2n) is 4.63. The molecule has 21 heavy (non-hydrogen) atoms. The van der Waals surface area contributed by atoms with Crippen LogP contribution >= 0.6 is 11.6 Å². The molecule has 1 heterocycles. The van der Waals surface area contributed by atoms with Gasteiger partial charge >= 0.3 is 0 Å². The molecule has 0 aliphatic carbocycles. The summed E-state index contributed by atoms with van der Waals surface area (Å²) < 4.78 is 10.8. The van der Waals surface area contributed by atoms with Crippen molar-refractivity contribution in [3.63, 3.8) is 0 Å². The predicted octanol–water partition coefficient (Wildman–Crippen LogP) is 4.28. The van der Waals surface area contributed by atoms with E-state index in [-0.39, 0.29) is 6.61 Å². The maximum absolute atomic E-state index is 5.89. The number of benzene rings is 2. The van der Waals surface area contributed by atoms with E-state index in [1.807, 2.05) is 43.3 Å². The van der Waals surface area contributed by atoms with Crippen molar-refractivity contribution < 1.29 is 9.26 Å². The van der Waals surface area contributed by atoms with Crippen molar-refractivity contribution in [2.75, 3.05) is 0 Å². The molecule has 0 atom stereocenters. The molecule has 0 aliphatic rings. The topological polar surface area (TPSA) is 48.2 Å². The highest BCUT2D eigenvalue weighted by Gasteiger charge is 2.09. The molecule has 0 saturated carbocycles. The van der Waals surface area contributed by atoms with Crippen LogP contribution in [-0.2, 0) is 6.61 Å². The molecular formula is C16H13ClN2O2. The molecule has 0 amide bonds. The molecule has 0 saturated heterocycles. The molecule has 2 aromatic carbocycles. The lowest BCUT2D eigenvalue weighted by Gasteiger charge is -2.02. The van der Waals surface area contributed by atoms with Gasteiger partial charge in [-0.15, -0.1) is 0 Å². The van der Waals surface area contributed by atoms with Crippen LogP contribution in [0, 0.1) is 6.92 Å². The van der Waals surface area contributed by atoms with Gasteiger partial charge in [0.1, 0.15) is 5.75 Å². The van der Waals surface area contributed by atoms with Gasteiger partial charge < -0.3 is 9.26 Å². The van der Waals surface area contributed by atoms with Crippen molar-refractivity contribution in [1.29, 1.82) is 0 Å². The number of halogens is 1. The van der Waals surface area contributed by atoms with E-state index < -0.39 is 0 Å². The van der Waals surface area contributed by atoms with Crippen LogP contribution < -0.4 is 4.74 Å². The lowest BCUT2D eigenvalue weighted by molar-refractivity contribution is 0.243. The summed E-state index contributed by atoms with van der Waals surface area (Å²) in [5.74, 6) is 1.65. The predicted molar refractivity (Wildman–Crippen MR) is 80.3 cm³/mol. The summed E-state index contributed by atoms with van der Waals surface area (Å²) in [6.45, 7) is 2.23. The maximum atomic E-state index is 5.89. The summed E-state index contributed by atoms with van der Waals surface area (Å²) in [7, 11) is 0. The van der Waals surface area contributed by atoms with Gasteiger partial charge in [-0.25, -0.2) is 0 Å². The molecule has 0 aliphatic heterocycles. The first-order chi connectivity index (χ1) is 10.2. The minimum atomic E-state index is 0.207. The lowest BCUT2D eigenvalue weighted by atomic mass is 10.1. The molecular weight excluding hydrogens is 288 g/mol. The molecule has 5 heteroatoms. The van der Waals surface area contributed by atoms with Crippen LogP contribution in [0.5, 0.6) is 5.75 Å². The van der Waals surface area contributed by atoms with Crippen LogP contribution in [0.2, 0.25) is 5.02 Å². The molecule has 0 radical (unpaired) electrons. The highest BCUT2D eigenvalue weighted by Crippen LogP contribution is 2.20. The number of aromatic nitrogens is 2.